The Kier molecular flexibility index (Phi) is 2.84. The monoisotopic (exact) mass is 195 g/mol. The summed E-state index contributed by atoms with van der Waals surface area (Å²) in [6.07, 6.45) is 1.11. The van der Waals surface area contributed by atoms with E-state index in [1.165, 1.54) is 0 Å². The number of likely N-dealkylation sites (tertiary alicyclic amines) is 1. The number of H-pyrrole nitrogens is 1. The standard InChI is InChI=1S/C10H17N3O/c1-8-4-10(12-11-8)6-13-3-2-9(5-13)7-14/h4,9,14H,2-3,5-7H2,1H3,(H,11,12)/t9-/m0/s1. The molecule has 0 amide bonds. The first kappa shape index (κ1) is 9.68. The van der Waals surface area contributed by atoms with E-state index >= 15 is 0 Å². The maximum absolute atomic E-state index is 9.01. The third-order valence-electron chi connectivity index (χ3n) is 2.77. The van der Waals surface area contributed by atoms with Crippen LogP contribution in [-0.2, 0) is 6.54 Å². The van der Waals surface area contributed by atoms with Gasteiger partial charge in [-0.2, -0.15) is 5.10 Å². The zero-order valence-electron chi connectivity index (χ0n) is 8.53. The molecule has 1 aromatic heterocycles. The fraction of sp³-hybridized carbons (Fsp3) is 0.700. The van der Waals surface area contributed by atoms with E-state index in [4.69, 9.17) is 5.11 Å². The number of hydrogen-bond acceptors (Lipinski definition) is 3. The van der Waals surface area contributed by atoms with Gasteiger partial charge in [0.2, 0.25) is 0 Å². The quantitative estimate of drug-likeness (QED) is 0.740. The third kappa shape index (κ3) is 2.13. The van der Waals surface area contributed by atoms with Gasteiger partial charge in [0.1, 0.15) is 0 Å². The summed E-state index contributed by atoms with van der Waals surface area (Å²) < 4.78 is 0. The molecule has 2 heterocycles. The molecule has 1 aliphatic heterocycles. The van der Waals surface area contributed by atoms with Crippen molar-refractivity contribution >= 4 is 0 Å². The Morgan fingerprint density at radius 2 is 2.57 bits per heavy atom. The minimum Gasteiger partial charge on any atom is -0.396 e. The molecular formula is C10H17N3O. The van der Waals surface area contributed by atoms with E-state index in [0.29, 0.717) is 12.5 Å². The van der Waals surface area contributed by atoms with Crippen molar-refractivity contribution in [3.63, 3.8) is 0 Å². The second kappa shape index (κ2) is 4.11. The second-order valence-corrected chi connectivity index (χ2v) is 4.11. The fourth-order valence-electron chi connectivity index (χ4n) is 1.99. The van der Waals surface area contributed by atoms with E-state index in [1.54, 1.807) is 0 Å². The van der Waals surface area contributed by atoms with Gasteiger partial charge < -0.3 is 5.11 Å². The lowest BCUT2D eigenvalue weighted by molar-refractivity contribution is 0.219. The van der Waals surface area contributed by atoms with Gasteiger partial charge in [-0.05, 0) is 31.9 Å². The van der Waals surface area contributed by atoms with Gasteiger partial charge in [-0.1, -0.05) is 0 Å². The molecule has 1 atom stereocenters. The maximum Gasteiger partial charge on any atom is 0.0765 e. The summed E-state index contributed by atoms with van der Waals surface area (Å²) in [7, 11) is 0. The molecule has 0 spiro atoms. The summed E-state index contributed by atoms with van der Waals surface area (Å²) in [4.78, 5) is 2.34. The number of aromatic nitrogens is 2. The number of hydrogen-bond donors (Lipinski definition) is 2. The molecule has 0 unspecified atom stereocenters. The highest BCUT2D eigenvalue weighted by atomic mass is 16.3. The molecule has 0 aromatic carbocycles. The van der Waals surface area contributed by atoms with E-state index < -0.39 is 0 Å². The predicted octanol–water partition coefficient (Wildman–Crippen LogP) is 0.532. The van der Waals surface area contributed by atoms with Gasteiger partial charge in [-0.3, -0.25) is 10.00 Å². The lowest BCUT2D eigenvalue weighted by atomic mass is 10.1. The molecule has 0 radical (unpaired) electrons. The second-order valence-electron chi connectivity index (χ2n) is 4.11. The Labute approximate surface area is 83.9 Å². The first-order chi connectivity index (χ1) is 6.78. The molecule has 1 saturated heterocycles. The van der Waals surface area contributed by atoms with Crippen LogP contribution in [-0.4, -0.2) is 39.9 Å². The van der Waals surface area contributed by atoms with Crippen molar-refractivity contribution in [1.82, 2.24) is 15.1 Å². The molecule has 0 aliphatic carbocycles. The largest absolute Gasteiger partial charge is 0.396 e. The highest BCUT2D eigenvalue weighted by Gasteiger charge is 2.21. The highest BCUT2D eigenvalue weighted by molar-refractivity contribution is 5.06. The van der Waals surface area contributed by atoms with Crippen LogP contribution in [0.25, 0.3) is 0 Å². The Morgan fingerprint density at radius 3 is 3.14 bits per heavy atom. The van der Waals surface area contributed by atoms with E-state index in [1.807, 2.05) is 6.92 Å². The Morgan fingerprint density at radius 1 is 1.71 bits per heavy atom. The van der Waals surface area contributed by atoms with Crippen LogP contribution < -0.4 is 0 Å². The van der Waals surface area contributed by atoms with Crippen molar-refractivity contribution in [3.8, 4) is 0 Å². The normalized spacial score (nSPS) is 23.1. The van der Waals surface area contributed by atoms with Gasteiger partial charge in [-0.15, -0.1) is 0 Å². The predicted molar refractivity (Wildman–Crippen MR) is 53.8 cm³/mol. The zero-order chi connectivity index (χ0) is 9.97. The third-order valence-corrected chi connectivity index (χ3v) is 2.77. The van der Waals surface area contributed by atoms with E-state index in [2.05, 4.69) is 21.2 Å². The molecule has 4 nitrogen and oxygen atoms in total. The number of aliphatic hydroxyl groups is 1. The zero-order valence-corrected chi connectivity index (χ0v) is 8.53. The molecule has 2 rings (SSSR count). The highest BCUT2D eigenvalue weighted by Crippen LogP contribution is 2.17. The van der Waals surface area contributed by atoms with Crippen molar-refractivity contribution in [3.05, 3.63) is 17.5 Å². The minimum atomic E-state index is 0.316. The molecule has 2 N–H and O–H groups in total. The number of nitrogens with zero attached hydrogens (tertiary/aromatic N) is 2. The lowest BCUT2D eigenvalue weighted by Gasteiger charge is -2.13. The summed E-state index contributed by atoms with van der Waals surface area (Å²) in [5.74, 6) is 0.468. The first-order valence-corrected chi connectivity index (χ1v) is 5.12. The van der Waals surface area contributed by atoms with Crippen LogP contribution in [0.1, 0.15) is 17.8 Å². The van der Waals surface area contributed by atoms with Crippen molar-refractivity contribution in [2.24, 2.45) is 5.92 Å². The summed E-state index contributed by atoms with van der Waals surface area (Å²) >= 11 is 0. The van der Waals surface area contributed by atoms with Crippen molar-refractivity contribution < 1.29 is 5.11 Å². The van der Waals surface area contributed by atoms with Gasteiger partial charge in [0.05, 0.1) is 5.69 Å². The Hall–Kier alpha value is -0.870. The van der Waals surface area contributed by atoms with Crippen LogP contribution >= 0.6 is 0 Å². The molecule has 1 aromatic rings. The van der Waals surface area contributed by atoms with Gasteiger partial charge in [0.25, 0.3) is 0 Å². The van der Waals surface area contributed by atoms with Crippen LogP contribution in [0, 0.1) is 12.8 Å². The van der Waals surface area contributed by atoms with Crippen molar-refractivity contribution in [2.45, 2.75) is 19.9 Å². The minimum absolute atomic E-state index is 0.316. The average Bonchev–Trinajstić information content (AvgIpc) is 2.76. The summed E-state index contributed by atoms with van der Waals surface area (Å²) in [6, 6.07) is 2.08. The fourth-order valence-corrected chi connectivity index (χ4v) is 1.99. The van der Waals surface area contributed by atoms with E-state index in [0.717, 1.165) is 37.4 Å². The number of nitrogens with one attached hydrogen (secondary N) is 1. The number of aromatic amines is 1. The van der Waals surface area contributed by atoms with Crippen LogP contribution in [0.4, 0.5) is 0 Å². The van der Waals surface area contributed by atoms with Gasteiger partial charge in [0, 0.05) is 25.4 Å². The molecular weight excluding hydrogens is 178 g/mol. The molecule has 78 valence electrons. The summed E-state index contributed by atoms with van der Waals surface area (Å²) in [6.45, 7) is 5.31. The molecule has 1 aliphatic rings. The van der Waals surface area contributed by atoms with Crippen LogP contribution in [0.2, 0.25) is 0 Å². The molecule has 0 bridgehead atoms. The topological polar surface area (TPSA) is 52.1 Å². The SMILES string of the molecule is Cc1cc(CN2CC[C@H](CO)C2)n[nH]1. The number of aliphatic hydroxyl groups excluding tert-OH is 1. The smallest absolute Gasteiger partial charge is 0.0765 e. The molecule has 0 saturated carbocycles. The van der Waals surface area contributed by atoms with Crippen molar-refractivity contribution in [1.29, 1.82) is 0 Å². The molecule has 14 heavy (non-hydrogen) atoms. The van der Waals surface area contributed by atoms with Crippen LogP contribution in [0.15, 0.2) is 6.07 Å². The van der Waals surface area contributed by atoms with Gasteiger partial charge in [-0.25, -0.2) is 0 Å². The number of aryl methyl sites for hydroxylation is 1. The van der Waals surface area contributed by atoms with Crippen LogP contribution in [0.5, 0.6) is 0 Å². The first-order valence-electron chi connectivity index (χ1n) is 5.12. The summed E-state index contributed by atoms with van der Waals surface area (Å²) in [5, 5.41) is 16.1. The Bertz CT molecular complexity index is 297. The van der Waals surface area contributed by atoms with E-state index in [9.17, 15) is 0 Å². The lowest BCUT2D eigenvalue weighted by Crippen LogP contribution is -2.21. The van der Waals surface area contributed by atoms with Crippen molar-refractivity contribution in [2.75, 3.05) is 19.7 Å². The summed E-state index contributed by atoms with van der Waals surface area (Å²) in [5.41, 5.74) is 2.21. The average molecular weight is 195 g/mol. The van der Waals surface area contributed by atoms with Gasteiger partial charge >= 0.3 is 0 Å². The number of rotatable bonds is 3. The Balaban J connectivity index is 1.87. The van der Waals surface area contributed by atoms with Crippen LogP contribution in [0.3, 0.4) is 0 Å². The van der Waals surface area contributed by atoms with Gasteiger partial charge in [0.15, 0.2) is 0 Å². The molecule has 4 heteroatoms. The maximum atomic E-state index is 9.01. The molecule has 1 fully saturated rings. The van der Waals surface area contributed by atoms with E-state index in [-0.39, 0.29) is 0 Å².